The first-order chi connectivity index (χ1) is 9.02. The van der Waals surface area contributed by atoms with Gasteiger partial charge in [-0.2, -0.15) is 0 Å². The molecule has 0 unspecified atom stereocenters. The molecule has 2 aromatic rings. The quantitative estimate of drug-likeness (QED) is 0.906. The van der Waals surface area contributed by atoms with Crippen LogP contribution < -0.4 is 4.74 Å². The molecule has 0 saturated heterocycles. The first-order valence-electron chi connectivity index (χ1n) is 5.48. The van der Waals surface area contributed by atoms with Gasteiger partial charge in [0.2, 0.25) is 0 Å². The summed E-state index contributed by atoms with van der Waals surface area (Å²) in [4.78, 5) is 10.8. The highest BCUT2D eigenvalue weighted by molar-refractivity contribution is 5.86. The van der Waals surface area contributed by atoms with Gasteiger partial charge in [-0.3, -0.25) is 0 Å². The fraction of sp³-hybridized carbons (Fsp3) is 0.250. The van der Waals surface area contributed by atoms with Crippen molar-refractivity contribution < 1.29 is 19.0 Å². The van der Waals surface area contributed by atoms with Crippen LogP contribution in [0.2, 0.25) is 0 Å². The summed E-state index contributed by atoms with van der Waals surface area (Å²) >= 11 is 0. The second kappa shape index (κ2) is 5.05. The molecule has 0 radical (unpaired) electrons. The van der Waals surface area contributed by atoms with Crippen molar-refractivity contribution in [3.63, 3.8) is 0 Å². The predicted molar refractivity (Wildman–Crippen MR) is 63.8 cm³/mol. The summed E-state index contributed by atoms with van der Waals surface area (Å²) in [5, 5.41) is 16.1. The summed E-state index contributed by atoms with van der Waals surface area (Å²) in [6, 6.07) is 4.46. The molecule has 19 heavy (non-hydrogen) atoms. The minimum Gasteiger partial charge on any atom is -0.497 e. The van der Waals surface area contributed by atoms with Gasteiger partial charge in [0.25, 0.3) is 0 Å². The summed E-state index contributed by atoms with van der Waals surface area (Å²) < 4.78 is 20.0. The van der Waals surface area contributed by atoms with Crippen LogP contribution in [0.3, 0.4) is 0 Å². The third-order valence-electron chi connectivity index (χ3n) is 2.77. The Bertz CT molecular complexity index is 625. The number of rotatable bonds is 4. The Kier molecular flexibility index (Phi) is 3.46. The van der Waals surface area contributed by atoms with Crippen LogP contribution in [0.15, 0.2) is 18.2 Å². The smallest absolute Gasteiger partial charge is 0.358 e. The molecular formula is C12H12FN3O3. The molecule has 0 aliphatic carbocycles. The van der Waals surface area contributed by atoms with Crippen LogP contribution >= 0.6 is 0 Å². The second-order valence-electron chi connectivity index (χ2n) is 3.94. The molecule has 0 saturated carbocycles. The van der Waals surface area contributed by atoms with E-state index in [1.54, 1.807) is 19.1 Å². The maximum Gasteiger partial charge on any atom is 0.358 e. The third-order valence-corrected chi connectivity index (χ3v) is 2.77. The van der Waals surface area contributed by atoms with Crippen LogP contribution in [0.25, 0.3) is 0 Å². The standard InChI is InChI=1S/C12H12FN3O3/c1-7-11(12(17)18)14-15-16(7)6-8-3-4-9(19-2)5-10(8)13/h3-5H,6H2,1-2H3,(H,17,18). The van der Waals surface area contributed by atoms with E-state index in [2.05, 4.69) is 10.3 Å². The Morgan fingerprint density at radius 3 is 2.79 bits per heavy atom. The van der Waals surface area contributed by atoms with Gasteiger partial charge in [0.15, 0.2) is 5.69 Å². The Morgan fingerprint density at radius 1 is 1.53 bits per heavy atom. The van der Waals surface area contributed by atoms with Crippen molar-refractivity contribution in [1.29, 1.82) is 0 Å². The van der Waals surface area contributed by atoms with E-state index >= 15 is 0 Å². The molecule has 0 aliphatic rings. The Morgan fingerprint density at radius 2 is 2.26 bits per heavy atom. The molecule has 0 bridgehead atoms. The molecule has 1 N–H and O–H groups in total. The van der Waals surface area contributed by atoms with Crippen LogP contribution in [0, 0.1) is 12.7 Å². The van der Waals surface area contributed by atoms with Crippen LogP contribution in [0.4, 0.5) is 4.39 Å². The monoisotopic (exact) mass is 265 g/mol. The number of hydrogen-bond donors (Lipinski definition) is 1. The number of benzene rings is 1. The van der Waals surface area contributed by atoms with Crippen molar-refractivity contribution in [2.75, 3.05) is 7.11 Å². The fourth-order valence-corrected chi connectivity index (χ4v) is 1.65. The molecule has 1 heterocycles. The van der Waals surface area contributed by atoms with Crippen molar-refractivity contribution in [3.05, 3.63) is 41.0 Å². The Hall–Kier alpha value is -2.44. The SMILES string of the molecule is COc1ccc(Cn2nnc(C(=O)O)c2C)c(F)c1. The number of aromatic nitrogens is 3. The summed E-state index contributed by atoms with van der Waals surface area (Å²) in [6.45, 7) is 1.69. The molecular weight excluding hydrogens is 253 g/mol. The van der Waals surface area contributed by atoms with Crippen molar-refractivity contribution in [2.24, 2.45) is 0 Å². The highest BCUT2D eigenvalue weighted by Gasteiger charge is 2.16. The van der Waals surface area contributed by atoms with Gasteiger partial charge in [-0.25, -0.2) is 13.9 Å². The molecule has 0 spiro atoms. The second-order valence-corrected chi connectivity index (χ2v) is 3.94. The van der Waals surface area contributed by atoms with E-state index in [4.69, 9.17) is 9.84 Å². The van der Waals surface area contributed by atoms with Crippen molar-refractivity contribution in [3.8, 4) is 5.75 Å². The Balaban J connectivity index is 2.29. The van der Waals surface area contributed by atoms with E-state index in [1.807, 2.05) is 0 Å². The summed E-state index contributed by atoms with van der Waals surface area (Å²) in [6.07, 6.45) is 0. The lowest BCUT2D eigenvalue weighted by molar-refractivity contribution is 0.0689. The number of carboxylic acid groups (broad SMARTS) is 1. The predicted octanol–water partition coefficient (Wildman–Crippen LogP) is 1.48. The van der Waals surface area contributed by atoms with Gasteiger partial charge >= 0.3 is 5.97 Å². The average molecular weight is 265 g/mol. The highest BCUT2D eigenvalue weighted by Crippen LogP contribution is 2.17. The third kappa shape index (κ3) is 2.54. The average Bonchev–Trinajstić information content (AvgIpc) is 2.73. The zero-order valence-corrected chi connectivity index (χ0v) is 10.4. The minimum atomic E-state index is -1.15. The number of carboxylic acids is 1. The van der Waals surface area contributed by atoms with Gasteiger partial charge in [0.05, 0.1) is 19.3 Å². The minimum absolute atomic E-state index is 0.113. The molecule has 1 aromatic carbocycles. The lowest BCUT2D eigenvalue weighted by atomic mass is 10.2. The summed E-state index contributed by atoms with van der Waals surface area (Å²) in [7, 11) is 1.45. The fourth-order valence-electron chi connectivity index (χ4n) is 1.65. The maximum absolute atomic E-state index is 13.8. The number of carbonyl (C=O) groups is 1. The first kappa shape index (κ1) is 13.0. The zero-order valence-electron chi connectivity index (χ0n) is 10.4. The van der Waals surface area contributed by atoms with Gasteiger partial charge in [0, 0.05) is 11.6 Å². The van der Waals surface area contributed by atoms with Crippen LogP contribution in [0.1, 0.15) is 21.7 Å². The van der Waals surface area contributed by atoms with Crippen molar-refractivity contribution in [2.45, 2.75) is 13.5 Å². The largest absolute Gasteiger partial charge is 0.497 e. The number of nitrogens with zero attached hydrogens (tertiary/aromatic N) is 3. The Labute approximate surface area is 108 Å². The van der Waals surface area contributed by atoms with Gasteiger partial charge in [0.1, 0.15) is 11.6 Å². The normalized spacial score (nSPS) is 10.5. The zero-order chi connectivity index (χ0) is 14.0. The van der Waals surface area contributed by atoms with Gasteiger partial charge in [-0.15, -0.1) is 5.10 Å². The lowest BCUT2D eigenvalue weighted by Crippen LogP contribution is -2.07. The van der Waals surface area contributed by atoms with E-state index in [-0.39, 0.29) is 12.2 Å². The van der Waals surface area contributed by atoms with E-state index in [1.165, 1.54) is 17.9 Å². The van der Waals surface area contributed by atoms with Gasteiger partial charge in [-0.1, -0.05) is 11.3 Å². The van der Waals surface area contributed by atoms with E-state index in [9.17, 15) is 9.18 Å². The molecule has 1 aromatic heterocycles. The first-order valence-corrected chi connectivity index (χ1v) is 5.48. The molecule has 2 rings (SSSR count). The number of ether oxygens (including phenoxy) is 1. The van der Waals surface area contributed by atoms with Crippen LogP contribution in [-0.4, -0.2) is 33.2 Å². The van der Waals surface area contributed by atoms with Gasteiger partial charge < -0.3 is 9.84 Å². The number of methoxy groups -OCH3 is 1. The van der Waals surface area contributed by atoms with Crippen molar-refractivity contribution in [1.82, 2.24) is 15.0 Å². The highest BCUT2D eigenvalue weighted by atomic mass is 19.1. The summed E-state index contributed by atoms with van der Waals surface area (Å²) in [5.74, 6) is -1.17. The lowest BCUT2D eigenvalue weighted by Gasteiger charge is -2.06. The number of halogens is 1. The molecule has 100 valence electrons. The number of hydrogen-bond acceptors (Lipinski definition) is 4. The van der Waals surface area contributed by atoms with Gasteiger partial charge in [-0.05, 0) is 13.0 Å². The van der Waals surface area contributed by atoms with E-state index in [0.717, 1.165) is 0 Å². The van der Waals surface area contributed by atoms with Crippen molar-refractivity contribution >= 4 is 5.97 Å². The van der Waals surface area contributed by atoms with Crippen LogP contribution in [-0.2, 0) is 6.54 Å². The van der Waals surface area contributed by atoms with E-state index in [0.29, 0.717) is 17.0 Å². The molecule has 0 atom stereocenters. The number of aromatic carboxylic acids is 1. The summed E-state index contributed by atoms with van der Waals surface area (Å²) in [5.41, 5.74) is 0.627. The maximum atomic E-state index is 13.8. The van der Waals surface area contributed by atoms with Crippen LogP contribution in [0.5, 0.6) is 5.75 Å². The van der Waals surface area contributed by atoms with E-state index < -0.39 is 11.8 Å². The molecule has 7 heteroatoms. The topological polar surface area (TPSA) is 77.2 Å². The molecule has 0 fully saturated rings. The molecule has 6 nitrogen and oxygen atoms in total. The molecule has 0 amide bonds. The molecule has 0 aliphatic heterocycles.